The zero-order chi connectivity index (χ0) is 13.0. The minimum atomic E-state index is -0.464. The van der Waals surface area contributed by atoms with Gasteiger partial charge in [0.25, 0.3) is 0 Å². The van der Waals surface area contributed by atoms with Gasteiger partial charge in [0.1, 0.15) is 0 Å². The van der Waals surface area contributed by atoms with Crippen molar-refractivity contribution < 1.29 is 4.79 Å². The van der Waals surface area contributed by atoms with Crippen molar-refractivity contribution in [2.45, 2.75) is 19.4 Å². The fraction of sp³-hybridized carbons (Fsp3) is 0.417. The second-order valence-corrected chi connectivity index (χ2v) is 4.86. The van der Waals surface area contributed by atoms with Gasteiger partial charge in [-0.1, -0.05) is 29.3 Å². The van der Waals surface area contributed by atoms with E-state index in [0.717, 1.165) is 12.0 Å². The summed E-state index contributed by atoms with van der Waals surface area (Å²) < 4.78 is 0. The first-order valence-corrected chi connectivity index (χ1v) is 6.12. The number of likely N-dealkylation sites (N-methyl/N-ethyl adjacent to an activating group) is 1. The maximum atomic E-state index is 11.5. The Balaban J connectivity index is 2.56. The Hall–Kier alpha value is -0.770. The summed E-state index contributed by atoms with van der Waals surface area (Å²) in [4.78, 5) is 13.2. The molecule has 2 N–H and O–H groups in total. The Labute approximate surface area is 111 Å². The first-order chi connectivity index (χ1) is 7.91. The summed E-state index contributed by atoms with van der Waals surface area (Å²) in [5.74, 6) is -0.0648. The molecule has 1 atom stereocenters. The smallest absolute Gasteiger partial charge is 0.238 e. The number of benzene rings is 1. The van der Waals surface area contributed by atoms with Gasteiger partial charge in [0.05, 0.1) is 16.1 Å². The quantitative estimate of drug-likeness (QED) is 0.916. The summed E-state index contributed by atoms with van der Waals surface area (Å²) in [5.41, 5.74) is 6.57. The Bertz CT molecular complexity index is 407. The van der Waals surface area contributed by atoms with Crippen molar-refractivity contribution in [1.29, 1.82) is 0 Å². The molecule has 0 aliphatic carbocycles. The maximum Gasteiger partial charge on any atom is 0.238 e. The van der Waals surface area contributed by atoms with E-state index in [0.29, 0.717) is 16.6 Å². The lowest BCUT2D eigenvalue weighted by molar-refractivity contribution is -0.130. The molecule has 0 fully saturated rings. The van der Waals surface area contributed by atoms with Crippen LogP contribution in [0.5, 0.6) is 0 Å². The molecule has 17 heavy (non-hydrogen) atoms. The molecule has 0 saturated heterocycles. The standard InChI is InChI=1S/C12H16Cl2N2O/c1-8(15)12(17)16(2)6-5-9-3-4-10(13)11(14)7-9/h3-4,7-8H,5-6,15H2,1-2H3. The van der Waals surface area contributed by atoms with Gasteiger partial charge in [-0.05, 0) is 31.0 Å². The van der Waals surface area contributed by atoms with Gasteiger partial charge in [0, 0.05) is 13.6 Å². The van der Waals surface area contributed by atoms with Crippen molar-refractivity contribution in [2.24, 2.45) is 5.73 Å². The van der Waals surface area contributed by atoms with Crippen molar-refractivity contribution in [3.8, 4) is 0 Å². The molecule has 0 saturated carbocycles. The molecule has 0 aliphatic heterocycles. The van der Waals surface area contributed by atoms with Gasteiger partial charge >= 0.3 is 0 Å². The third kappa shape index (κ3) is 4.19. The molecular formula is C12H16Cl2N2O. The molecule has 1 aromatic carbocycles. The number of halogens is 2. The van der Waals surface area contributed by atoms with Crippen molar-refractivity contribution in [3.05, 3.63) is 33.8 Å². The Morgan fingerprint density at radius 2 is 2.06 bits per heavy atom. The normalized spacial score (nSPS) is 12.3. The molecule has 1 amide bonds. The van der Waals surface area contributed by atoms with Crippen LogP contribution in [0.2, 0.25) is 10.0 Å². The summed E-state index contributed by atoms with van der Waals surface area (Å²) in [6.45, 7) is 2.29. The molecular weight excluding hydrogens is 259 g/mol. The molecule has 0 aromatic heterocycles. The molecule has 0 bridgehead atoms. The van der Waals surface area contributed by atoms with Crippen LogP contribution < -0.4 is 5.73 Å². The van der Waals surface area contributed by atoms with E-state index < -0.39 is 6.04 Å². The summed E-state index contributed by atoms with van der Waals surface area (Å²) in [7, 11) is 1.74. The average Bonchev–Trinajstić information content (AvgIpc) is 2.29. The first-order valence-electron chi connectivity index (χ1n) is 5.36. The van der Waals surface area contributed by atoms with Gasteiger partial charge in [-0.2, -0.15) is 0 Å². The fourth-order valence-electron chi connectivity index (χ4n) is 1.45. The molecule has 5 heteroatoms. The van der Waals surface area contributed by atoms with E-state index in [1.807, 2.05) is 12.1 Å². The second-order valence-electron chi connectivity index (χ2n) is 4.05. The van der Waals surface area contributed by atoms with E-state index in [1.54, 1.807) is 24.9 Å². The maximum absolute atomic E-state index is 11.5. The highest BCUT2D eigenvalue weighted by atomic mass is 35.5. The van der Waals surface area contributed by atoms with Crippen molar-refractivity contribution >= 4 is 29.1 Å². The number of rotatable bonds is 4. The van der Waals surface area contributed by atoms with Crippen LogP contribution in [0, 0.1) is 0 Å². The topological polar surface area (TPSA) is 46.3 Å². The predicted molar refractivity (Wildman–Crippen MR) is 71.5 cm³/mol. The van der Waals surface area contributed by atoms with E-state index >= 15 is 0 Å². The van der Waals surface area contributed by atoms with Crippen molar-refractivity contribution in [3.63, 3.8) is 0 Å². The number of nitrogens with zero attached hydrogens (tertiary/aromatic N) is 1. The Morgan fingerprint density at radius 3 is 2.59 bits per heavy atom. The molecule has 0 aliphatic rings. The average molecular weight is 275 g/mol. The summed E-state index contributed by atoms with van der Waals surface area (Å²) in [5, 5.41) is 1.07. The summed E-state index contributed by atoms with van der Waals surface area (Å²) >= 11 is 11.7. The minimum Gasteiger partial charge on any atom is -0.344 e. The van der Waals surface area contributed by atoms with Crippen molar-refractivity contribution in [1.82, 2.24) is 4.90 Å². The highest BCUT2D eigenvalue weighted by molar-refractivity contribution is 6.42. The highest BCUT2D eigenvalue weighted by Gasteiger charge is 2.12. The van der Waals surface area contributed by atoms with E-state index in [2.05, 4.69) is 0 Å². The molecule has 94 valence electrons. The molecule has 0 radical (unpaired) electrons. The van der Waals surface area contributed by atoms with E-state index in [-0.39, 0.29) is 5.91 Å². The molecule has 3 nitrogen and oxygen atoms in total. The van der Waals surface area contributed by atoms with Crippen LogP contribution >= 0.6 is 23.2 Å². The second kappa shape index (κ2) is 6.24. The molecule has 1 unspecified atom stereocenters. The first kappa shape index (κ1) is 14.3. The van der Waals surface area contributed by atoms with Gasteiger partial charge < -0.3 is 10.6 Å². The monoisotopic (exact) mass is 274 g/mol. The van der Waals surface area contributed by atoms with Gasteiger partial charge in [-0.25, -0.2) is 0 Å². The van der Waals surface area contributed by atoms with Crippen LogP contribution in [0.1, 0.15) is 12.5 Å². The van der Waals surface area contributed by atoms with Crippen molar-refractivity contribution in [2.75, 3.05) is 13.6 Å². The van der Waals surface area contributed by atoms with E-state index in [4.69, 9.17) is 28.9 Å². The van der Waals surface area contributed by atoms with Gasteiger partial charge in [0.15, 0.2) is 0 Å². The van der Waals surface area contributed by atoms with E-state index in [1.165, 1.54) is 0 Å². The number of hydrogen-bond acceptors (Lipinski definition) is 2. The molecule has 0 heterocycles. The Kier molecular flexibility index (Phi) is 5.25. The van der Waals surface area contributed by atoms with Crippen LogP contribution in [0.25, 0.3) is 0 Å². The lowest BCUT2D eigenvalue weighted by atomic mass is 10.1. The molecule has 0 spiro atoms. The third-order valence-corrected chi connectivity index (χ3v) is 3.22. The summed E-state index contributed by atoms with van der Waals surface area (Å²) in [6.07, 6.45) is 0.728. The lowest BCUT2D eigenvalue weighted by Gasteiger charge is -2.19. The zero-order valence-corrected chi connectivity index (χ0v) is 11.4. The van der Waals surface area contributed by atoms with Gasteiger partial charge in [-0.15, -0.1) is 0 Å². The minimum absolute atomic E-state index is 0.0648. The van der Waals surface area contributed by atoms with Crippen LogP contribution in [0.3, 0.4) is 0 Å². The predicted octanol–water partition coefficient (Wildman–Crippen LogP) is 2.34. The lowest BCUT2D eigenvalue weighted by Crippen LogP contribution is -2.40. The van der Waals surface area contributed by atoms with Gasteiger partial charge in [-0.3, -0.25) is 4.79 Å². The van der Waals surface area contributed by atoms with Crippen LogP contribution in [0.4, 0.5) is 0 Å². The molecule has 1 rings (SSSR count). The Morgan fingerprint density at radius 1 is 1.41 bits per heavy atom. The van der Waals surface area contributed by atoms with Crippen LogP contribution in [-0.4, -0.2) is 30.4 Å². The van der Waals surface area contributed by atoms with Crippen LogP contribution in [-0.2, 0) is 11.2 Å². The summed E-state index contributed by atoms with van der Waals surface area (Å²) in [6, 6.07) is 5.01. The fourth-order valence-corrected chi connectivity index (χ4v) is 1.77. The number of carbonyl (C=O) groups excluding carboxylic acids is 1. The largest absolute Gasteiger partial charge is 0.344 e. The number of nitrogens with two attached hydrogens (primary N) is 1. The van der Waals surface area contributed by atoms with Crippen LogP contribution in [0.15, 0.2) is 18.2 Å². The molecule has 1 aromatic rings. The number of amides is 1. The highest BCUT2D eigenvalue weighted by Crippen LogP contribution is 2.22. The van der Waals surface area contributed by atoms with E-state index in [9.17, 15) is 4.79 Å². The SMILES string of the molecule is CC(N)C(=O)N(C)CCc1ccc(Cl)c(Cl)c1. The van der Waals surface area contributed by atoms with Gasteiger partial charge in [0.2, 0.25) is 5.91 Å². The third-order valence-electron chi connectivity index (χ3n) is 2.49. The number of hydrogen-bond donors (Lipinski definition) is 1. The zero-order valence-electron chi connectivity index (χ0n) is 9.91. The number of carbonyl (C=O) groups is 1.